The molecule has 0 saturated carbocycles. The summed E-state index contributed by atoms with van der Waals surface area (Å²) >= 11 is 0. The van der Waals surface area contributed by atoms with E-state index in [1.54, 1.807) is 18.5 Å². The highest BCUT2D eigenvalue weighted by atomic mass is 19.4. The summed E-state index contributed by atoms with van der Waals surface area (Å²) in [5, 5.41) is 3.01. The lowest BCUT2D eigenvalue weighted by Crippen LogP contribution is -2.51. The van der Waals surface area contributed by atoms with Gasteiger partial charge in [-0.25, -0.2) is 19.9 Å². The molecule has 1 amide bonds. The number of hydrogen-bond donors (Lipinski definition) is 1. The molecule has 1 unspecified atom stereocenters. The smallest absolute Gasteiger partial charge is 0.352 e. The third kappa shape index (κ3) is 5.00. The van der Waals surface area contributed by atoms with Crippen LogP contribution in [-0.4, -0.2) is 49.9 Å². The van der Waals surface area contributed by atoms with E-state index in [-0.39, 0.29) is 23.8 Å². The van der Waals surface area contributed by atoms with Gasteiger partial charge in [0.2, 0.25) is 5.95 Å². The number of halogens is 3. The Kier molecular flexibility index (Phi) is 6.76. The van der Waals surface area contributed by atoms with Crippen LogP contribution in [0, 0.1) is 12.8 Å². The first-order valence-electron chi connectivity index (χ1n) is 11.1. The molecule has 3 heterocycles. The van der Waals surface area contributed by atoms with E-state index in [1.807, 2.05) is 30.0 Å². The zero-order valence-electron chi connectivity index (χ0n) is 18.9. The Morgan fingerprint density at radius 2 is 1.82 bits per heavy atom. The molecule has 4 rings (SSSR count). The quantitative estimate of drug-likeness (QED) is 0.586. The number of hydrogen-bond acceptors (Lipinski definition) is 6. The highest BCUT2D eigenvalue weighted by Crippen LogP contribution is 2.31. The van der Waals surface area contributed by atoms with Crippen LogP contribution < -0.4 is 5.32 Å². The number of piperidine rings is 1. The molecule has 3 aromatic rings. The van der Waals surface area contributed by atoms with Crippen LogP contribution in [0.25, 0.3) is 11.4 Å². The maximum absolute atomic E-state index is 13.8. The van der Waals surface area contributed by atoms with Crippen LogP contribution in [0.1, 0.15) is 41.3 Å². The summed E-state index contributed by atoms with van der Waals surface area (Å²) < 4.78 is 38.3. The van der Waals surface area contributed by atoms with Gasteiger partial charge in [0.05, 0.1) is 17.2 Å². The van der Waals surface area contributed by atoms with Crippen molar-refractivity contribution in [1.29, 1.82) is 0 Å². The minimum absolute atomic E-state index is 0.0902. The molecule has 34 heavy (non-hydrogen) atoms. The van der Waals surface area contributed by atoms with Crippen molar-refractivity contribution >= 4 is 11.9 Å². The number of alkyl halides is 3. The molecule has 10 heteroatoms. The second-order valence-electron chi connectivity index (χ2n) is 8.43. The first kappa shape index (κ1) is 23.6. The van der Waals surface area contributed by atoms with Gasteiger partial charge in [-0.05, 0) is 37.3 Å². The van der Waals surface area contributed by atoms with E-state index in [2.05, 4.69) is 32.2 Å². The topological polar surface area (TPSA) is 83.9 Å². The molecule has 0 aliphatic carbocycles. The van der Waals surface area contributed by atoms with Crippen LogP contribution in [0.4, 0.5) is 19.1 Å². The molecule has 2 atom stereocenters. The fourth-order valence-corrected chi connectivity index (χ4v) is 4.29. The summed E-state index contributed by atoms with van der Waals surface area (Å²) in [5.74, 6) is 0.632. The van der Waals surface area contributed by atoms with E-state index in [0.29, 0.717) is 30.0 Å². The van der Waals surface area contributed by atoms with Crippen LogP contribution in [0.5, 0.6) is 0 Å². The summed E-state index contributed by atoms with van der Waals surface area (Å²) in [7, 11) is 0. The molecule has 178 valence electrons. The number of aryl methyl sites for hydroxylation is 1. The van der Waals surface area contributed by atoms with Crippen LogP contribution in [0.15, 0.2) is 49.1 Å². The molecule has 1 N–H and O–H groups in total. The third-order valence-corrected chi connectivity index (χ3v) is 6.12. The minimum atomic E-state index is -4.49. The second-order valence-corrected chi connectivity index (χ2v) is 8.43. The van der Waals surface area contributed by atoms with Gasteiger partial charge < -0.3 is 10.2 Å². The number of rotatable bonds is 5. The maximum Gasteiger partial charge on any atom is 0.419 e. The van der Waals surface area contributed by atoms with Crippen molar-refractivity contribution in [1.82, 2.24) is 24.8 Å². The number of nitrogens with zero attached hydrogens (tertiary/aromatic N) is 5. The van der Waals surface area contributed by atoms with Gasteiger partial charge in [-0.2, -0.15) is 13.2 Å². The predicted octanol–water partition coefficient (Wildman–Crippen LogP) is 4.61. The van der Waals surface area contributed by atoms with E-state index < -0.39 is 11.7 Å². The highest BCUT2D eigenvalue weighted by Gasteiger charge is 2.35. The number of amides is 1. The van der Waals surface area contributed by atoms with Crippen molar-refractivity contribution in [2.75, 3.05) is 18.4 Å². The molecule has 1 aromatic carbocycles. The first-order chi connectivity index (χ1) is 16.3. The Bertz CT molecular complexity index is 1140. The maximum atomic E-state index is 13.8. The summed E-state index contributed by atoms with van der Waals surface area (Å²) in [6, 6.07) is 7.13. The molecule has 2 aromatic heterocycles. The van der Waals surface area contributed by atoms with Gasteiger partial charge in [-0.1, -0.05) is 25.1 Å². The minimum Gasteiger partial charge on any atom is -0.352 e. The largest absolute Gasteiger partial charge is 0.419 e. The molecule has 0 bridgehead atoms. The number of carbonyl (C=O) groups excluding carboxylic acids is 1. The van der Waals surface area contributed by atoms with Gasteiger partial charge in [0.25, 0.3) is 5.91 Å². The van der Waals surface area contributed by atoms with Gasteiger partial charge in [0.1, 0.15) is 0 Å². The van der Waals surface area contributed by atoms with Crippen molar-refractivity contribution in [3.63, 3.8) is 0 Å². The fraction of sp³-hybridized carbons (Fsp3) is 0.375. The summed E-state index contributed by atoms with van der Waals surface area (Å²) in [6.45, 7) is 4.85. The Balaban J connectivity index is 1.58. The molecular weight excluding hydrogens is 445 g/mol. The van der Waals surface area contributed by atoms with Crippen molar-refractivity contribution < 1.29 is 18.0 Å². The third-order valence-electron chi connectivity index (χ3n) is 6.12. The Morgan fingerprint density at radius 1 is 1.12 bits per heavy atom. The van der Waals surface area contributed by atoms with Crippen molar-refractivity contribution in [2.24, 2.45) is 5.92 Å². The zero-order chi connectivity index (χ0) is 24.3. The second kappa shape index (κ2) is 9.74. The van der Waals surface area contributed by atoms with Gasteiger partial charge >= 0.3 is 6.18 Å². The van der Waals surface area contributed by atoms with Crippen molar-refractivity contribution in [2.45, 2.75) is 38.9 Å². The van der Waals surface area contributed by atoms with Crippen LogP contribution >= 0.6 is 0 Å². The van der Waals surface area contributed by atoms with E-state index in [0.717, 1.165) is 30.8 Å². The van der Waals surface area contributed by atoms with E-state index in [9.17, 15) is 18.0 Å². The summed E-state index contributed by atoms with van der Waals surface area (Å²) in [6.07, 6.45) is 2.09. The van der Waals surface area contributed by atoms with Crippen LogP contribution in [0.3, 0.4) is 0 Å². The van der Waals surface area contributed by atoms with Crippen molar-refractivity contribution in [3.05, 3.63) is 65.7 Å². The number of carbonyl (C=O) groups is 1. The standard InChI is InChI=1S/C24H25F3N6O/c1-15-7-4-11-33(19(15)14-32-23-30-12-17(13-31-23)24(25,26)27)22(34)20-16(2)6-3-8-18(20)21-28-9-5-10-29-21/h3,5-6,8-10,12-13,15,19H,4,7,11,14H2,1-2H3,(H,30,31,32)/t15?,19-/m1/s1. The van der Waals surface area contributed by atoms with E-state index in [4.69, 9.17) is 0 Å². The molecule has 1 fully saturated rings. The average molecular weight is 470 g/mol. The number of aromatic nitrogens is 4. The zero-order valence-corrected chi connectivity index (χ0v) is 18.9. The SMILES string of the molecule is Cc1cccc(-c2ncccn2)c1C(=O)N1CCCC(C)[C@H]1CNc1ncc(C(F)(F)F)cn1. The van der Waals surface area contributed by atoms with Crippen LogP contribution in [0.2, 0.25) is 0 Å². The molecule has 0 spiro atoms. The van der Waals surface area contributed by atoms with E-state index >= 15 is 0 Å². The Morgan fingerprint density at radius 3 is 2.50 bits per heavy atom. The molecule has 0 radical (unpaired) electrons. The first-order valence-corrected chi connectivity index (χ1v) is 11.1. The molecular formula is C24H25F3N6O. The fourth-order valence-electron chi connectivity index (χ4n) is 4.29. The Labute approximate surface area is 195 Å². The van der Waals surface area contributed by atoms with Gasteiger partial charge in [0.15, 0.2) is 5.82 Å². The van der Waals surface area contributed by atoms with Gasteiger partial charge in [-0.3, -0.25) is 4.79 Å². The molecule has 1 aliphatic heterocycles. The Hall–Kier alpha value is -3.56. The number of nitrogens with one attached hydrogen (secondary N) is 1. The lowest BCUT2D eigenvalue weighted by molar-refractivity contribution is -0.138. The van der Waals surface area contributed by atoms with Crippen molar-refractivity contribution in [3.8, 4) is 11.4 Å². The van der Waals surface area contributed by atoms with Gasteiger partial charge in [0, 0.05) is 43.4 Å². The lowest BCUT2D eigenvalue weighted by atomic mass is 9.89. The molecule has 1 aliphatic rings. The predicted molar refractivity (Wildman–Crippen MR) is 121 cm³/mol. The summed E-state index contributed by atoms with van der Waals surface area (Å²) in [4.78, 5) is 31.9. The molecule has 1 saturated heterocycles. The number of anilines is 1. The average Bonchev–Trinajstić information content (AvgIpc) is 2.83. The monoisotopic (exact) mass is 470 g/mol. The summed E-state index contributed by atoms with van der Waals surface area (Å²) in [5.41, 5.74) is 1.14. The molecule has 7 nitrogen and oxygen atoms in total. The highest BCUT2D eigenvalue weighted by molar-refractivity contribution is 6.01. The van der Waals surface area contributed by atoms with Crippen LogP contribution in [-0.2, 0) is 6.18 Å². The normalized spacial score (nSPS) is 18.6. The number of likely N-dealkylation sites (tertiary alicyclic amines) is 1. The lowest BCUT2D eigenvalue weighted by Gasteiger charge is -2.40. The van der Waals surface area contributed by atoms with Gasteiger partial charge in [-0.15, -0.1) is 0 Å². The number of benzene rings is 1. The van der Waals surface area contributed by atoms with E-state index in [1.165, 1.54) is 0 Å².